The van der Waals surface area contributed by atoms with Gasteiger partial charge in [-0.05, 0) is 33.4 Å². The molecule has 4 N–H and O–H groups in total. The van der Waals surface area contributed by atoms with Crippen molar-refractivity contribution in [3.05, 3.63) is 227 Å². The molecule has 0 fully saturated rings. The molecule has 0 aromatic heterocycles. The van der Waals surface area contributed by atoms with Gasteiger partial charge in [0.1, 0.15) is 23.8 Å². The zero-order valence-electron chi connectivity index (χ0n) is 29.3. The normalized spacial score (nSPS) is 15.3. The van der Waals surface area contributed by atoms with Crippen LogP contribution in [0.25, 0.3) is 33.4 Å². The minimum Gasteiger partial charge on any atom is -0.383 e. The van der Waals surface area contributed by atoms with Gasteiger partial charge in [-0.25, -0.2) is 9.98 Å². The minimum atomic E-state index is 0.429. The van der Waals surface area contributed by atoms with Gasteiger partial charge in [0.15, 0.2) is 0 Å². The fourth-order valence-electron chi connectivity index (χ4n) is 6.60. The lowest BCUT2D eigenvalue weighted by molar-refractivity contribution is 1.41. The summed E-state index contributed by atoms with van der Waals surface area (Å²) in [7, 11) is 0. The summed E-state index contributed by atoms with van der Waals surface area (Å²) >= 11 is 0. The van der Waals surface area contributed by atoms with Gasteiger partial charge >= 0.3 is 0 Å². The van der Waals surface area contributed by atoms with Crippen LogP contribution in [0.1, 0.15) is 33.4 Å². The number of nitrogens with zero attached hydrogens (tertiary/aromatic N) is 4. The maximum absolute atomic E-state index is 9.91. The largest absolute Gasteiger partial charge is 0.383 e. The molecule has 0 amide bonds. The lowest BCUT2D eigenvalue weighted by Gasteiger charge is -2.11. The Hall–Kier alpha value is -7.80. The van der Waals surface area contributed by atoms with Gasteiger partial charge in [-0.15, -0.1) is 0 Å². The van der Waals surface area contributed by atoms with E-state index in [0.29, 0.717) is 34.2 Å². The third kappa shape index (κ3) is 7.05. The summed E-state index contributed by atoms with van der Waals surface area (Å²) in [5.74, 6) is 0.859. The zero-order valence-corrected chi connectivity index (χ0v) is 29.3. The molecule has 0 saturated carbocycles. The van der Waals surface area contributed by atoms with E-state index in [9.17, 15) is 10.5 Å². The average Bonchev–Trinajstić information content (AvgIpc) is 3.76. The monoisotopic (exact) mass is 694 g/mol. The van der Waals surface area contributed by atoms with Crippen LogP contribution >= 0.6 is 0 Å². The molecule has 2 aliphatic rings. The molecule has 0 radical (unpaired) electrons. The van der Waals surface area contributed by atoms with Crippen LogP contribution in [0.3, 0.4) is 0 Å². The standard InChI is InChI=1S/2C24H17N3/c2*25-16-20(17-10-4-1-5-11-17)23-21(18-12-6-2-7-13-18)22(24(26)27-23)19-14-8-3-9-15-19/h2*1-15H,(H2,26,27)/b2*23-20-. The molecule has 6 nitrogen and oxygen atoms in total. The maximum Gasteiger partial charge on any atom is 0.132 e. The number of benzene rings is 6. The van der Waals surface area contributed by atoms with Gasteiger partial charge in [-0.3, -0.25) is 0 Å². The highest BCUT2D eigenvalue weighted by Gasteiger charge is 2.29. The Balaban J connectivity index is 0.000000167. The Morgan fingerprint density at radius 1 is 0.352 bits per heavy atom. The topological polar surface area (TPSA) is 124 Å². The predicted molar refractivity (Wildman–Crippen MR) is 221 cm³/mol. The first-order chi connectivity index (χ1) is 26.6. The van der Waals surface area contributed by atoms with Gasteiger partial charge in [0.25, 0.3) is 0 Å². The first-order valence-electron chi connectivity index (χ1n) is 17.4. The fraction of sp³-hybridized carbons (Fsp3) is 0. The smallest absolute Gasteiger partial charge is 0.132 e. The number of hydrogen-bond acceptors (Lipinski definition) is 6. The van der Waals surface area contributed by atoms with Gasteiger partial charge in [0.2, 0.25) is 0 Å². The summed E-state index contributed by atoms with van der Waals surface area (Å²) in [5, 5.41) is 19.8. The highest BCUT2D eigenvalue weighted by atomic mass is 14.9. The second-order valence-corrected chi connectivity index (χ2v) is 12.4. The number of nitriles is 2. The molecule has 256 valence electrons. The van der Waals surface area contributed by atoms with Crippen LogP contribution in [0.4, 0.5) is 0 Å². The van der Waals surface area contributed by atoms with Crippen molar-refractivity contribution in [1.82, 2.24) is 0 Å². The van der Waals surface area contributed by atoms with Crippen LogP contribution in [-0.2, 0) is 0 Å². The molecular formula is C48H34N6. The van der Waals surface area contributed by atoms with E-state index >= 15 is 0 Å². The summed E-state index contributed by atoms with van der Waals surface area (Å²) < 4.78 is 0. The number of allylic oxidation sites excluding steroid dienone is 4. The highest BCUT2D eigenvalue weighted by molar-refractivity contribution is 6.36. The molecule has 54 heavy (non-hydrogen) atoms. The second kappa shape index (κ2) is 16.0. The van der Waals surface area contributed by atoms with E-state index < -0.39 is 0 Å². The van der Waals surface area contributed by atoms with E-state index in [2.05, 4.69) is 22.1 Å². The number of aliphatic imine (C=N–C) groups is 2. The van der Waals surface area contributed by atoms with E-state index in [1.165, 1.54) is 0 Å². The fourth-order valence-corrected chi connectivity index (χ4v) is 6.60. The van der Waals surface area contributed by atoms with Crippen molar-refractivity contribution < 1.29 is 0 Å². The molecule has 0 aliphatic carbocycles. The Morgan fingerprint density at radius 2 is 0.593 bits per heavy atom. The zero-order chi connectivity index (χ0) is 37.3. The van der Waals surface area contributed by atoms with E-state index in [1.807, 2.05) is 182 Å². The maximum atomic E-state index is 9.91. The average molecular weight is 695 g/mol. The first-order valence-corrected chi connectivity index (χ1v) is 17.4. The second-order valence-electron chi connectivity index (χ2n) is 12.4. The molecule has 0 atom stereocenters. The van der Waals surface area contributed by atoms with E-state index in [1.54, 1.807) is 0 Å². The van der Waals surface area contributed by atoms with E-state index in [0.717, 1.165) is 55.7 Å². The molecular weight excluding hydrogens is 661 g/mol. The van der Waals surface area contributed by atoms with Crippen molar-refractivity contribution in [2.75, 3.05) is 0 Å². The van der Waals surface area contributed by atoms with Crippen LogP contribution < -0.4 is 11.5 Å². The predicted octanol–water partition coefficient (Wildman–Crippen LogP) is 9.81. The minimum absolute atomic E-state index is 0.429. The van der Waals surface area contributed by atoms with Crippen LogP contribution in [0, 0.1) is 22.7 Å². The Labute approximate surface area is 315 Å². The van der Waals surface area contributed by atoms with Crippen molar-refractivity contribution in [2.45, 2.75) is 0 Å². The molecule has 8 rings (SSSR count). The Kier molecular flexibility index (Phi) is 10.3. The molecule has 6 aromatic carbocycles. The highest BCUT2D eigenvalue weighted by Crippen LogP contribution is 2.43. The van der Waals surface area contributed by atoms with Gasteiger partial charge in [-0.2, -0.15) is 10.5 Å². The quantitative estimate of drug-likeness (QED) is 0.168. The Bertz CT molecular complexity index is 2390. The molecule has 2 heterocycles. The van der Waals surface area contributed by atoms with E-state index in [-0.39, 0.29) is 0 Å². The Morgan fingerprint density at radius 3 is 0.852 bits per heavy atom. The third-order valence-electron chi connectivity index (χ3n) is 9.02. The molecule has 2 aliphatic heterocycles. The van der Waals surface area contributed by atoms with Crippen molar-refractivity contribution in [2.24, 2.45) is 21.5 Å². The molecule has 0 spiro atoms. The molecule has 6 aromatic rings. The number of nitrogens with two attached hydrogens (primary N) is 2. The van der Waals surface area contributed by atoms with E-state index in [4.69, 9.17) is 11.5 Å². The molecule has 0 saturated heterocycles. The first kappa shape index (κ1) is 34.6. The number of rotatable bonds is 6. The van der Waals surface area contributed by atoms with Crippen LogP contribution in [0.5, 0.6) is 0 Å². The van der Waals surface area contributed by atoms with Gasteiger partial charge < -0.3 is 11.5 Å². The van der Waals surface area contributed by atoms with Gasteiger partial charge in [0.05, 0.1) is 22.5 Å². The number of hydrogen-bond donors (Lipinski definition) is 2. The van der Waals surface area contributed by atoms with Gasteiger partial charge in [0, 0.05) is 22.3 Å². The third-order valence-corrected chi connectivity index (χ3v) is 9.02. The molecule has 0 bridgehead atoms. The number of amidine groups is 2. The van der Waals surface area contributed by atoms with Crippen LogP contribution in [-0.4, -0.2) is 11.7 Å². The summed E-state index contributed by atoms with van der Waals surface area (Å²) in [6.07, 6.45) is 0. The summed E-state index contributed by atoms with van der Waals surface area (Å²) in [6, 6.07) is 63.7. The lowest BCUT2D eigenvalue weighted by Crippen LogP contribution is -2.11. The SMILES string of the molecule is N#C/C(=C1/N=C(N)C(c2ccccc2)=C1c1ccccc1)c1ccccc1.N#C/C(=C1/N=C(N)C(c2ccccc2)=C1c1ccccc1)c1ccccc1. The summed E-state index contributed by atoms with van der Waals surface area (Å²) in [5.41, 5.74) is 24.1. The summed E-state index contributed by atoms with van der Waals surface area (Å²) in [6.45, 7) is 0. The molecule has 6 heteroatoms. The van der Waals surface area contributed by atoms with Crippen molar-refractivity contribution >= 4 is 45.1 Å². The van der Waals surface area contributed by atoms with Crippen molar-refractivity contribution in [1.29, 1.82) is 10.5 Å². The van der Waals surface area contributed by atoms with Crippen LogP contribution in [0.2, 0.25) is 0 Å². The van der Waals surface area contributed by atoms with Crippen molar-refractivity contribution in [3.8, 4) is 12.1 Å². The van der Waals surface area contributed by atoms with Gasteiger partial charge in [-0.1, -0.05) is 182 Å². The lowest BCUT2D eigenvalue weighted by atomic mass is 9.91. The molecule has 0 unspecified atom stereocenters. The summed E-state index contributed by atoms with van der Waals surface area (Å²) in [4.78, 5) is 9.26. The van der Waals surface area contributed by atoms with Crippen LogP contribution in [0.15, 0.2) is 203 Å². The van der Waals surface area contributed by atoms with Crippen molar-refractivity contribution in [3.63, 3.8) is 0 Å².